The van der Waals surface area contributed by atoms with Gasteiger partial charge in [0.25, 0.3) is 5.91 Å². The summed E-state index contributed by atoms with van der Waals surface area (Å²) in [7, 11) is 0. The van der Waals surface area contributed by atoms with E-state index in [1.807, 2.05) is 19.1 Å². The molecule has 0 aliphatic heterocycles. The number of benzene rings is 1. The van der Waals surface area contributed by atoms with Crippen LogP contribution in [0.15, 0.2) is 24.3 Å². The Balaban J connectivity index is 1.37. The van der Waals surface area contributed by atoms with Crippen LogP contribution in [0.5, 0.6) is 11.5 Å². The molecule has 136 valence electrons. The molecule has 0 aromatic heterocycles. The van der Waals surface area contributed by atoms with E-state index < -0.39 is 5.91 Å². The van der Waals surface area contributed by atoms with Gasteiger partial charge in [0, 0.05) is 6.42 Å². The van der Waals surface area contributed by atoms with Crippen LogP contribution >= 0.6 is 0 Å². The van der Waals surface area contributed by atoms with Gasteiger partial charge in [-0.1, -0.05) is 18.6 Å². The lowest BCUT2D eigenvalue weighted by molar-refractivity contribution is -0.130. The van der Waals surface area contributed by atoms with E-state index in [0.29, 0.717) is 36.4 Å². The van der Waals surface area contributed by atoms with Gasteiger partial charge in [-0.15, -0.1) is 0 Å². The summed E-state index contributed by atoms with van der Waals surface area (Å²) in [6.07, 6.45) is 5.50. The number of carbonyl (C=O) groups is 2. The van der Waals surface area contributed by atoms with E-state index in [1.54, 1.807) is 12.1 Å². The molecule has 3 rings (SSSR count). The Hall–Kier alpha value is -2.24. The first kappa shape index (κ1) is 17.6. The van der Waals surface area contributed by atoms with Crippen molar-refractivity contribution < 1.29 is 19.1 Å². The summed E-state index contributed by atoms with van der Waals surface area (Å²) in [5.74, 6) is 2.57. The molecule has 2 aliphatic carbocycles. The second kappa shape index (κ2) is 8.23. The largest absolute Gasteiger partial charge is 0.490 e. The van der Waals surface area contributed by atoms with Crippen molar-refractivity contribution in [2.75, 3.05) is 13.2 Å². The summed E-state index contributed by atoms with van der Waals surface area (Å²) < 4.78 is 10.9. The quantitative estimate of drug-likeness (QED) is 0.744. The van der Waals surface area contributed by atoms with Crippen LogP contribution < -0.4 is 20.3 Å². The highest BCUT2D eigenvalue weighted by atomic mass is 16.5. The van der Waals surface area contributed by atoms with Crippen LogP contribution in [0.1, 0.15) is 39.0 Å². The molecule has 2 fully saturated rings. The third kappa shape index (κ3) is 4.65. The van der Waals surface area contributed by atoms with E-state index in [0.717, 1.165) is 12.3 Å². The Morgan fingerprint density at radius 2 is 1.76 bits per heavy atom. The number of para-hydroxylation sites is 2. The molecule has 3 atom stereocenters. The maximum absolute atomic E-state index is 12.0. The minimum atomic E-state index is -0.396. The summed E-state index contributed by atoms with van der Waals surface area (Å²) in [5, 5.41) is 0. The number of rotatable bonds is 7. The van der Waals surface area contributed by atoms with Crippen molar-refractivity contribution in [3.05, 3.63) is 24.3 Å². The second-order valence-corrected chi connectivity index (χ2v) is 6.90. The lowest BCUT2D eigenvalue weighted by Crippen LogP contribution is -2.44. The predicted octanol–water partition coefficient (Wildman–Crippen LogP) is 2.44. The Bertz CT molecular complexity index is 619. The third-order valence-corrected chi connectivity index (χ3v) is 5.18. The number of nitrogens with one attached hydrogen (secondary N) is 2. The van der Waals surface area contributed by atoms with Crippen LogP contribution in [0, 0.1) is 17.8 Å². The monoisotopic (exact) mass is 346 g/mol. The van der Waals surface area contributed by atoms with Gasteiger partial charge >= 0.3 is 0 Å². The van der Waals surface area contributed by atoms with Gasteiger partial charge in [0.15, 0.2) is 18.1 Å². The molecule has 2 bridgehead atoms. The Morgan fingerprint density at radius 1 is 1.04 bits per heavy atom. The van der Waals surface area contributed by atoms with Gasteiger partial charge in [-0.25, -0.2) is 0 Å². The first-order valence-corrected chi connectivity index (χ1v) is 9.08. The lowest BCUT2D eigenvalue weighted by atomic mass is 9.86. The molecule has 3 unspecified atom stereocenters. The number of amides is 2. The molecular formula is C19H26N2O4. The molecule has 0 spiro atoms. The fourth-order valence-corrected chi connectivity index (χ4v) is 4.08. The van der Waals surface area contributed by atoms with Gasteiger partial charge in [-0.2, -0.15) is 0 Å². The van der Waals surface area contributed by atoms with Crippen LogP contribution in [-0.4, -0.2) is 25.0 Å². The summed E-state index contributed by atoms with van der Waals surface area (Å²) in [6, 6.07) is 7.18. The first-order chi connectivity index (χ1) is 12.2. The molecule has 2 aliphatic rings. The predicted molar refractivity (Wildman–Crippen MR) is 92.9 cm³/mol. The number of carbonyl (C=O) groups excluding carboxylic acids is 2. The van der Waals surface area contributed by atoms with Gasteiger partial charge < -0.3 is 9.47 Å². The van der Waals surface area contributed by atoms with Crippen molar-refractivity contribution in [2.45, 2.75) is 39.0 Å². The fraction of sp³-hybridized carbons (Fsp3) is 0.579. The number of hydrazine groups is 1. The smallest absolute Gasteiger partial charge is 0.276 e. The molecule has 6 heteroatoms. The molecule has 0 heterocycles. The standard InChI is InChI=1S/C19H26N2O4/c1-2-24-16-5-3-4-6-17(16)25-12-19(23)21-20-18(22)11-15-10-13-7-8-14(15)9-13/h3-6,13-15H,2,7-12H2,1H3,(H,20,22)(H,21,23). The van der Waals surface area contributed by atoms with Crippen LogP contribution in [0.3, 0.4) is 0 Å². The Kier molecular flexibility index (Phi) is 5.79. The normalized spacial score (nSPS) is 24.0. The van der Waals surface area contributed by atoms with Crippen molar-refractivity contribution >= 4 is 11.8 Å². The van der Waals surface area contributed by atoms with Crippen molar-refractivity contribution in [3.63, 3.8) is 0 Å². The zero-order chi connectivity index (χ0) is 17.6. The maximum atomic E-state index is 12.0. The van der Waals surface area contributed by atoms with Gasteiger partial charge in [-0.05, 0) is 56.1 Å². The molecule has 0 saturated heterocycles. The molecule has 6 nitrogen and oxygen atoms in total. The van der Waals surface area contributed by atoms with Crippen LogP contribution in [-0.2, 0) is 9.59 Å². The fourth-order valence-electron chi connectivity index (χ4n) is 4.08. The average Bonchev–Trinajstić information content (AvgIpc) is 3.22. The molecule has 25 heavy (non-hydrogen) atoms. The maximum Gasteiger partial charge on any atom is 0.276 e. The molecule has 2 amide bonds. The zero-order valence-electron chi connectivity index (χ0n) is 14.6. The molecule has 2 saturated carbocycles. The second-order valence-electron chi connectivity index (χ2n) is 6.90. The van der Waals surface area contributed by atoms with Crippen molar-refractivity contribution in [1.82, 2.24) is 10.9 Å². The summed E-state index contributed by atoms with van der Waals surface area (Å²) in [4.78, 5) is 23.9. The van der Waals surface area contributed by atoms with Gasteiger partial charge in [0.05, 0.1) is 6.61 Å². The van der Waals surface area contributed by atoms with E-state index in [4.69, 9.17) is 9.47 Å². The molecule has 1 aromatic carbocycles. The zero-order valence-corrected chi connectivity index (χ0v) is 14.6. The number of hydrogen-bond donors (Lipinski definition) is 2. The minimum absolute atomic E-state index is 0.124. The molecule has 2 N–H and O–H groups in total. The molecular weight excluding hydrogens is 320 g/mol. The molecule has 0 radical (unpaired) electrons. The minimum Gasteiger partial charge on any atom is -0.490 e. The van der Waals surface area contributed by atoms with Crippen molar-refractivity contribution in [2.24, 2.45) is 17.8 Å². The highest BCUT2D eigenvalue weighted by molar-refractivity contribution is 5.82. The van der Waals surface area contributed by atoms with Gasteiger partial charge in [0.1, 0.15) is 0 Å². The Labute approximate surface area is 148 Å². The van der Waals surface area contributed by atoms with E-state index in [1.165, 1.54) is 19.3 Å². The molecule has 1 aromatic rings. The average molecular weight is 346 g/mol. The highest BCUT2D eigenvalue weighted by Gasteiger charge is 2.40. The summed E-state index contributed by atoms with van der Waals surface area (Å²) >= 11 is 0. The van der Waals surface area contributed by atoms with Gasteiger partial charge in [0.2, 0.25) is 5.91 Å². The number of fused-ring (bicyclic) bond motifs is 2. The summed E-state index contributed by atoms with van der Waals surface area (Å²) in [6.45, 7) is 2.22. The van der Waals surface area contributed by atoms with Crippen molar-refractivity contribution in [3.8, 4) is 11.5 Å². The highest BCUT2D eigenvalue weighted by Crippen LogP contribution is 2.49. The van der Waals surface area contributed by atoms with E-state index in [2.05, 4.69) is 10.9 Å². The number of hydrogen-bond acceptors (Lipinski definition) is 4. The van der Waals surface area contributed by atoms with Crippen LogP contribution in [0.25, 0.3) is 0 Å². The third-order valence-electron chi connectivity index (χ3n) is 5.18. The summed E-state index contributed by atoms with van der Waals surface area (Å²) in [5.41, 5.74) is 4.91. The lowest BCUT2D eigenvalue weighted by Gasteiger charge is -2.20. The van der Waals surface area contributed by atoms with Gasteiger partial charge in [-0.3, -0.25) is 20.4 Å². The Morgan fingerprint density at radius 3 is 2.40 bits per heavy atom. The number of ether oxygens (including phenoxy) is 2. The van der Waals surface area contributed by atoms with Crippen LogP contribution in [0.4, 0.5) is 0 Å². The van der Waals surface area contributed by atoms with E-state index in [9.17, 15) is 9.59 Å². The SMILES string of the molecule is CCOc1ccccc1OCC(=O)NNC(=O)CC1CC2CCC1C2. The van der Waals surface area contributed by atoms with E-state index in [-0.39, 0.29) is 12.5 Å². The van der Waals surface area contributed by atoms with Crippen molar-refractivity contribution in [1.29, 1.82) is 0 Å². The first-order valence-electron chi connectivity index (χ1n) is 9.08. The topological polar surface area (TPSA) is 76.7 Å². The van der Waals surface area contributed by atoms with Crippen LogP contribution in [0.2, 0.25) is 0 Å². The van der Waals surface area contributed by atoms with E-state index >= 15 is 0 Å².